The first-order chi connectivity index (χ1) is 4.90. The smallest absolute Gasteiger partial charge is 0.0994 e. The largest absolute Gasteiger partial charge is 0.373 e. The van der Waals surface area contributed by atoms with Crippen LogP contribution in [0.4, 0.5) is 0 Å². The molecule has 2 nitrogen and oxygen atoms in total. The second-order valence-corrected chi connectivity index (χ2v) is 3.52. The van der Waals surface area contributed by atoms with E-state index in [1.165, 1.54) is 0 Å². The Morgan fingerprint density at radius 3 is 2.09 bits per heavy atom. The summed E-state index contributed by atoms with van der Waals surface area (Å²) in [7, 11) is 1.71. The Kier molecular flexibility index (Phi) is 3.73. The van der Waals surface area contributed by atoms with Crippen LogP contribution in [0.25, 0.3) is 0 Å². The Hall–Kier alpha value is -0.370. The lowest BCUT2D eigenvalue weighted by atomic mass is 10.0. The summed E-state index contributed by atoms with van der Waals surface area (Å²) in [6, 6.07) is 0.351. The molecule has 66 valence electrons. The topological polar surface area (TPSA) is 21.6 Å². The molecule has 0 rings (SSSR count). The van der Waals surface area contributed by atoms with Crippen LogP contribution in [0.1, 0.15) is 34.6 Å². The van der Waals surface area contributed by atoms with Gasteiger partial charge in [0.25, 0.3) is 0 Å². The van der Waals surface area contributed by atoms with Crippen molar-refractivity contribution < 1.29 is 4.74 Å². The number of rotatable bonds is 3. The first-order valence-electron chi connectivity index (χ1n) is 4.00. The van der Waals surface area contributed by atoms with Gasteiger partial charge in [0.2, 0.25) is 0 Å². The van der Waals surface area contributed by atoms with E-state index in [9.17, 15) is 0 Å². The first kappa shape index (κ1) is 10.6. The molecular weight excluding hydrogens is 138 g/mol. The Morgan fingerprint density at radius 1 is 1.36 bits per heavy atom. The molecular formula is C9H19NO. The van der Waals surface area contributed by atoms with Crippen LogP contribution in [0, 0.1) is 0 Å². The van der Waals surface area contributed by atoms with Gasteiger partial charge >= 0.3 is 0 Å². The molecule has 2 heteroatoms. The Labute approximate surface area is 69.7 Å². The maximum Gasteiger partial charge on any atom is 0.0994 e. The first-order valence-corrected chi connectivity index (χ1v) is 4.00. The molecule has 0 fully saturated rings. The van der Waals surface area contributed by atoms with Crippen LogP contribution in [0.15, 0.2) is 4.99 Å². The van der Waals surface area contributed by atoms with Crippen molar-refractivity contribution in [1.82, 2.24) is 0 Å². The highest BCUT2D eigenvalue weighted by molar-refractivity contribution is 5.89. The molecule has 0 atom stereocenters. The number of ether oxygens (including phenoxy) is 1. The van der Waals surface area contributed by atoms with Gasteiger partial charge in [-0.25, -0.2) is 0 Å². The van der Waals surface area contributed by atoms with Crippen LogP contribution in [-0.4, -0.2) is 24.5 Å². The molecule has 0 radical (unpaired) electrons. The fourth-order valence-corrected chi connectivity index (χ4v) is 0.690. The maximum absolute atomic E-state index is 5.27. The summed E-state index contributed by atoms with van der Waals surface area (Å²) in [4.78, 5) is 4.41. The molecule has 0 unspecified atom stereocenters. The SMILES string of the molecule is COC(C)(C)C(C)=NC(C)C. The predicted molar refractivity (Wildman–Crippen MR) is 49.3 cm³/mol. The zero-order chi connectivity index (χ0) is 9.07. The minimum Gasteiger partial charge on any atom is -0.373 e. The summed E-state index contributed by atoms with van der Waals surface area (Å²) in [5.41, 5.74) is 0.833. The minimum atomic E-state index is -0.218. The molecule has 0 saturated carbocycles. The Bertz CT molecular complexity index is 148. The van der Waals surface area contributed by atoms with E-state index in [-0.39, 0.29) is 5.60 Å². The lowest BCUT2D eigenvalue weighted by molar-refractivity contribution is 0.0819. The van der Waals surface area contributed by atoms with Crippen molar-refractivity contribution in [2.45, 2.75) is 46.3 Å². The van der Waals surface area contributed by atoms with Gasteiger partial charge in [-0.1, -0.05) is 0 Å². The monoisotopic (exact) mass is 157 g/mol. The highest BCUT2D eigenvalue weighted by atomic mass is 16.5. The van der Waals surface area contributed by atoms with Gasteiger partial charge in [0.05, 0.1) is 5.60 Å². The molecule has 0 aromatic heterocycles. The highest BCUT2D eigenvalue weighted by Gasteiger charge is 2.20. The summed E-state index contributed by atoms with van der Waals surface area (Å²) in [6.07, 6.45) is 0. The zero-order valence-corrected chi connectivity index (χ0v) is 8.43. The maximum atomic E-state index is 5.27. The van der Waals surface area contributed by atoms with E-state index in [0.717, 1.165) is 5.71 Å². The van der Waals surface area contributed by atoms with Crippen molar-refractivity contribution in [2.75, 3.05) is 7.11 Å². The molecule has 0 N–H and O–H groups in total. The normalized spacial score (nSPS) is 14.3. The number of methoxy groups -OCH3 is 1. The van der Waals surface area contributed by atoms with Crippen LogP contribution in [-0.2, 0) is 4.74 Å². The molecule has 0 bridgehead atoms. The molecule has 0 amide bonds. The fraction of sp³-hybridized carbons (Fsp3) is 0.889. The van der Waals surface area contributed by atoms with Gasteiger partial charge in [0.1, 0.15) is 0 Å². The molecule has 0 aliphatic heterocycles. The molecule has 0 aromatic carbocycles. The van der Waals surface area contributed by atoms with E-state index in [1.54, 1.807) is 7.11 Å². The molecule has 0 aliphatic rings. The minimum absolute atomic E-state index is 0.218. The van der Waals surface area contributed by atoms with Crippen LogP contribution >= 0.6 is 0 Å². The molecule has 0 heterocycles. The van der Waals surface area contributed by atoms with Gasteiger partial charge in [-0.2, -0.15) is 0 Å². The van der Waals surface area contributed by atoms with E-state index >= 15 is 0 Å². The van der Waals surface area contributed by atoms with Gasteiger partial charge in [0, 0.05) is 18.9 Å². The average Bonchev–Trinajstić information content (AvgIpc) is 1.86. The molecule has 0 aliphatic carbocycles. The summed E-state index contributed by atoms with van der Waals surface area (Å²) < 4.78 is 5.27. The van der Waals surface area contributed by atoms with E-state index in [4.69, 9.17) is 4.74 Å². The Balaban J connectivity index is 4.33. The van der Waals surface area contributed by atoms with Crippen molar-refractivity contribution in [3.63, 3.8) is 0 Å². The van der Waals surface area contributed by atoms with Crippen molar-refractivity contribution in [1.29, 1.82) is 0 Å². The lowest BCUT2D eigenvalue weighted by Crippen LogP contribution is -2.32. The standard InChI is InChI=1S/C9H19NO/c1-7(2)10-8(3)9(4,5)11-6/h7H,1-6H3. The van der Waals surface area contributed by atoms with E-state index in [0.29, 0.717) is 6.04 Å². The highest BCUT2D eigenvalue weighted by Crippen LogP contribution is 2.10. The van der Waals surface area contributed by atoms with E-state index < -0.39 is 0 Å². The molecule has 11 heavy (non-hydrogen) atoms. The number of nitrogens with zero attached hydrogens (tertiary/aromatic N) is 1. The lowest BCUT2D eigenvalue weighted by Gasteiger charge is -2.23. The number of aliphatic imine (C=N–C) groups is 1. The predicted octanol–water partition coefficient (Wildman–Crippen LogP) is 2.28. The Morgan fingerprint density at radius 2 is 1.82 bits per heavy atom. The second kappa shape index (κ2) is 3.86. The third kappa shape index (κ3) is 3.51. The van der Waals surface area contributed by atoms with Crippen molar-refractivity contribution >= 4 is 5.71 Å². The summed E-state index contributed by atoms with van der Waals surface area (Å²) in [5, 5.41) is 0. The quantitative estimate of drug-likeness (QED) is 0.576. The zero-order valence-electron chi connectivity index (χ0n) is 8.43. The van der Waals surface area contributed by atoms with E-state index in [1.807, 2.05) is 20.8 Å². The van der Waals surface area contributed by atoms with Crippen molar-refractivity contribution in [3.8, 4) is 0 Å². The third-order valence-corrected chi connectivity index (χ3v) is 1.83. The summed E-state index contributed by atoms with van der Waals surface area (Å²) in [5.74, 6) is 0. The molecule has 0 saturated heterocycles. The van der Waals surface area contributed by atoms with Gasteiger partial charge in [-0.05, 0) is 34.6 Å². The van der Waals surface area contributed by atoms with Gasteiger partial charge in [-0.3, -0.25) is 4.99 Å². The molecule has 0 spiro atoms. The van der Waals surface area contributed by atoms with Gasteiger partial charge < -0.3 is 4.74 Å². The van der Waals surface area contributed by atoms with E-state index in [2.05, 4.69) is 18.8 Å². The van der Waals surface area contributed by atoms with Gasteiger partial charge in [0.15, 0.2) is 0 Å². The number of hydrogen-bond acceptors (Lipinski definition) is 2. The van der Waals surface area contributed by atoms with Crippen LogP contribution < -0.4 is 0 Å². The summed E-state index contributed by atoms with van der Waals surface area (Å²) in [6.45, 7) is 10.2. The summed E-state index contributed by atoms with van der Waals surface area (Å²) >= 11 is 0. The number of hydrogen-bond donors (Lipinski definition) is 0. The van der Waals surface area contributed by atoms with Crippen LogP contribution in [0.3, 0.4) is 0 Å². The third-order valence-electron chi connectivity index (χ3n) is 1.83. The van der Waals surface area contributed by atoms with Crippen LogP contribution in [0.2, 0.25) is 0 Å². The second-order valence-electron chi connectivity index (χ2n) is 3.52. The van der Waals surface area contributed by atoms with Gasteiger partial charge in [-0.15, -0.1) is 0 Å². The molecule has 0 aromatic rings. The fourth-order valence-electron chi connectivity index (χ4n) is 0.690. The average molecular weight is 157 g/mol. The van der Waals surface area contributed by atoms with Crippen LogP contribution in [0.5, 0.6) is 0 Å². The van der Waals surface area contributed by atoms with Crippen molar-refractivity contribution in [3.05, 3.63) is 0 Å². The van der Waals surface area contributed by atoms with Crippen molar-refractivity contribution in [2.24, 2.45) is 4.99 Å².